The van der Waals surface area contributed by atoms with Gasteiger partial charge >= 0.3 is 5.69 Å². The van der Waals surface area contributed by atoms with E-state index in [0.29, 0.717) is 74.2 Å². The molecule has 27 nitrogen and oxygen atoms in total. The molecule has 8 amide bonds. The lowest BCUT2D eigenvalue weighted by molar-refractivity contribution is -0.385. The van der Waals surface area contributed by atoms with Gasteiger partial charge in [-0.1, -0.05) is 165 Å². The molecule has 696 valence electrons. The Balaban J connectivity index is 0.000000183. The first-order valence-corrected chi connectivity index (χ1v) is 44.4. The van der Waals surface area contributed by atoms with Crippen molar-refractivity contribution >= 4 is 219 Å². The quantitative estimate of drug-likeness (QED) is 0.0203. The minimum Gasteiger partial charge on any atom is -0.507 e. The molecular formula is C96H77Cl9F2N10O17S. The van der Waals surface area contributed by atoms with E-state index in [4.69, 9.17) is 104 Å². The molecule has 0 spiro atoms. The van der Waals surface area contributed by atoms with Gasteiger partial charge in [-0.2, -0.15) is 8.78 Å². The first kappa shape index (κ1) is 105. The fraction of sp³-hybridized carbons (Fsp3) is 0.0833. The summed E-state index contributed by atoms with van der Waals surface area (Å²) in [6.07, 6.45) is 3.12. The molecule has 1 unspecified atom stereocenters. The smallest absolute Gasteiger partial charge is 0.311 e. The summed E-state index contributed by atoms with van der Waals surface area (Å²) in [4.78, 5) is 111. The van der Waals surface area contributed by atoms with Crippen molar-refractivity contribution in [3.05, 3.63) is 376 Å². The van der Waals surface area contributed by atoms with Crippen molar-refractivity contribution in [3.8, 4) is 34.5 Å². The second kappa shape index (κ2) is 47.6. The second-order valence-electron chi connectivity index (χ2n) is 29.1. The van der Waals surface area contributed by atoms with Crippen LogP contribution in [0.2, 0.25) is 45.2 Å². The van der Waals surface area contributed by atoms with E-state index in [0.717, 1.165) is 53.1 Å². The van der Waals surface area contributed by atoms with Gasteiger partial charge in [0.25, 0.3) is 41.4 Å². The van der Waals surface area contributed by atoms with Crippen molar-refractivity contribution in [1.29, 1.82) is 0 Å². The lowest BCUT2D eigenvalue weighted by atomic mass is 10.0. The van der Waals surface area contributed by atoms with Crippen LogP contribution in [-0.4, -0.2) is 104 Å². The third kappa shape index (κ3) is 30.5. The summed E-state index contributed by atoms with van der Waals surface area (Å²) in [6.45, 7) is 7.76. The fourth-order valence-electron chi connectivity index (χ4n) is 11.9. The highest BCUT2D eigenvalue weighted by Crippen LogP contribution is 2.37. The van der Waals surface area contributed by atoms with Crippen molar-refractivity contribution in [2.24, 2.45) is 0 Å². The molecule has 1 aliphatic heterocycles. The number of benzene rings is 12. The van der Waals surface area contributed by atoms with Gasteiger partial charge in [0.05, 0.1) is 93.0 Å². The number of aromatic hydroxyl groups is 6. The first-order valence-electron chi connectivity index (χ1n) is 39.2. The summed E-state index contributed by atoms with van der Waals surface area (Å²) in [6, 6.07) is 60.7. The average molecular weight is 2030 g/mol. The van der Waals surface area contributed by atoms with Crippen molar-refractivity contribution < 1.29 is 86.9 Å². The van der Waals surface area contributed by atoms with Crippen molar-refractivity contribution in [1.82, 2.24) is 10.3 Å². The molecule has 13 aromatic rings. The van der Waals surface area contributed by atoms with E-state index in [9.17, 15) is 92.1 Å². The van der Waals surface area contributed by atoms with Gasteiger partial charge in [-0.3, -0.25) is 57.7 Å². The first-order chi connectivity index (χ1) is 63.7. The molecule has 39 heteroatoms. The second-order valence-corrected chi connectivity index (χ2v) is 35.1. The molecular weight excluding hydrogens is 1950 g/mol. The van der Waals surface area contributed by atoms with Crippen molar-refractivity contribution in [2.75, 3.05) is 37.2 Å². The standard InChI is InChI=1S/C23H20Cl2N2O3.C16H12ClNO3S.C15H12Cl2N2O3.C14H11Cl2NO2.C14H11ClF2N2O2.C14H11ClN2O4/c1-14-7-9-19(18(25)11-14)26-23(30)20(12-15-5-3-2-4-6-15)27-22(29)17-13-16(24)8-10-21(17)28;1-22(21)7-6-10-2-4-12(9-15(10)22)18-16(20)13-8-11(17)3-5-14(13)19;1-8(20)18-10-3-4-13(12(17)7-10)19-15(22)11-6-9(16)2-5-14(11)21;1-8-2-4-12(11(16)6-8)17-14(19)10-7-9(15)3-5-13(10)18;1-14(16,17)12-5-3-9(7-18-12)19-13(21)10-6-8(15)2-4-11(10)20;1-8-5-6-11(10(15)7-8)16-14(19)9-3-2-4-12(13(9)18)17(20)21/h2-11,13,20,28H,12H2,1H3,(H,26,30)(H,27,29);2-9,19H,1H2,(H,18,20);2-7,21H,1H3,(H,18,20)(H,19,22);2-7,18H,1H3,(H,17,19);2-7,20H,1H3,(H,19,21);2-7,18H,1H3,(H,16,19)/t20-;;;;;/m1...../s1. The van der Waals surface area contributed by atoms with Crippen LogP contribution in [0.5, 0.6) is 34.5 Å². The molecule has 0 saturated carbocycles. The minimum absolute atomic E-state index is 0.0123. The molecule has 2 heterocycles. The van der Waals surface area contributed by atoms with Crippen LogP contribution in [0.3, 0.4) is 0 Å². The molecule has 0 fully saturated rings. The third-order valence-electron chi connectivity index (χ3n) is 18.6. The number of carbonyl (C=O) groups excluding carboxylic acids is 8. The molecule has 1 aromatic heterocycles. The van der Waals surface area contributed by atoms with E-state index < -0.39 is 84.9 Å². The zero-order valence-electron chi connectivity index (χ0n) is 71.0. The minimum atomic E-state index is -3.05. The summed E-state index contributed by atoms with van der Waals surface area (Å²) in [5.41, 5.74) is 6.48. The largest absolute Gasteiger partial charge is 0.507 e. The molecule has 0 radical (unpaired) electrons. The number of anilines is 7. The van der Waals surface area contributed by atoms with Crippen molar-refractivity contribution in [3.63, 3.8) is 0 Å². The van der Waals surface area contributed by atoms with Crippen molar-refractivity contribution in [2.45, 2.75) is 57.9 Å². The van der Waals surface area contributed by atoms with Crippen LogP contribution in [0.25, 0.3) is 6.08 Å². The van der Waals surface area contributed by atoms with Gasteiger partial charge in [-0.15, -0.1) is 0 Å². The molecule has 14 rings (SSSR count). The zero-order valence-corrected chi connectivity index (χ0v) is 78.6. The maximum atomic E-state index is 13.0. The number of nitrogens with zero attached hydrogens (tertiary/aromatic N) is 2. The number of rotatable bonds is 19. The van der Waals surface area contributed by atoms with Gasteiger partial charge in [-0.05, 0) is 242 Å². The summed E-state index contributed by atoms with van der Waals surface area (Å²) in [5.74, 6) is -5.06. The van der Waals surface area contributed by atoms with Gasteiger partial charge in [0, 0.05) is 77.2 Å². The van der Waals surface area contributed by atoms with E-state index in [-0.39, 0.29) is 90.2 Å². The maximum absolute atomic E-state index is 13.0. The number of nitrogens with one attached hydrogen (secondary N) is 8. The number of nitro benzene ring substituents is 1. The molecule has 1 aliphatic rings. The van der Waals surface area contributed by atoms with E-state index in [1.165, 1.54) is 122 Å². The molecule has 135 heavy (non-hydrogen) atoms. The van der Waals surface area contributed by atoms with Crippen LogP contribution in [0.15, 0.2) is 259 Å². The Kier molecular flexibility index (Phi) is 36.9. The molecule has 14 N–H and O–H groups in total. The number of phenols is 6. The predicted octanol–water partition coefficient (Wildman–Crippen LogP) is 23.8. The van der Waals surface area contributed by atoms with Crippen LogP contribution in [0.4, 0.5) is 54.3 Å². The number of aromatic nitrogens is 1. The van der Waals surface area contributed by atoms with E-state index in [1.807, 2.05) is 63.2 Å². The number of hydrogen-bond acceptors (Lipinski definition) is 18. The van der Waals surface area contributed by atoms with Crippen LogP contribution in [0, 0.1) is 30.9 Å². The highest BCUT2D eigenvalue weighted by molar-refractivity contribution is 8.03. The number of carbonyl (C=O) groups is 8. The highest BCUT2D eigenvalue weighted by Gasteiger charge is 2.29. The Morgan fingerprint density at radius 3 is 1.19 bits per heavy atom. The molecule has 0 aliphatic carbocycles. The Hall–Kier alpha value is -14.0. The van der Waals surface area contributed by atoms with Gasteiger partial charge in [-0.25, -0.2) is 0 Å². The maximum Gasteiger partial charge on any atom is 0.311 e. The SMILES string of the molecule is C=S1(=O)C=Cc2ccc(NC(=O)c3cc(Cl)ccc3O)cc21.CC(=O)Nc1ccc(NC(=O)c2cc(Cl)ccc2O)c(Cl)c1.CC(F)(F)c1ccc(NC(=O)c2cc(Cl)ccc2O)cn1.Cc1ccc(NC(=O)[C@@H](Cc2ccccc2)NC(=O)c2cc(Cl)ccc2O)c(Cl)c1.Cc1ccc(NC(=O)c2cc(Cl)ccc2O)c(Cl)c1.Cc1ccc(NC(=O)c2cccc([N+](=O)[O-])c2O)c(Cl)c1. The Labute approximate surface area is 815 Å². The molecule has 0 bridgehead atoms. The highest BCUT2D eigenvalue weighted by atomic mass is 35.5. The topological polar surface area (TPSA) is 427 Å². The average Bonchev–Trinajstić information content (AvgIpc) is 1.52. The molecule has 0 saturated heterocycles. The number of alkyl halides is 2. The van der Waals surface area contributed by atoms with Crippen LogP contribution < -0.4 is 42.5 Å². The summed E-state index contributed by atoms with van der Waals surface area (Å²) < 4.78 is 38.3. The van der Waals surface area contributed by atoms with Gasteiger partial charge < -0.3 is 73.2 Å². The molecule has 12 aromatic carbocycles. The number of nitro groups is 1. The predicted molar refractivity (Wildman–Crippen MR) is 527 cm³/mol. The van der Waals surface area contributed by atoms with Crippen LogP contribution in [0.1, 0.15) is 110 Å². The van der Waals surface area contributed by atoms with E-state index in [1.54, 1.807) is 84.3 Å². The summed E-state index contributed by atoms with van der Waals surface area (Å²) in [5, 5.41) is 94.7. The Morgan fingerprint density at radius 1 is 0.430 bits per heavy atom. The number of hydrogen-bond donors (Lipinski definition) is 14. The van der Waals surface area contributed by atoms with Gasteiger partial charge in [0.2, 0.25) is 17.6 Å². The Morgan fingerprint density at radius 2 is 0.800 bits per heavy atom. The normalized spacial score (nSPS) is 12.1. The van der Waals surface area contributed by atoms with Crippen LogP contribution >= 0.6 is 104 Å². The lowest BCUT2D eigenvalue weighted by Gasteiger charge is -2.20. The zero-order chi connectivity index (χ0) is 99.0. The number of pyridine rings is 1. The summed E-state index contributed by atoms with van der Waals surface area (Å²) >= 11 is 53.4. The number of para-hydroxylation sites is 1. The number of fused-ring (bicyclic) bond motifs is 1. The molecule has 2 atom stereocenters. The number of amides is 8. The van der Waals surface area contributed by atoms with E-state index in [2.05, 4.69) is 53.4 Å². The summed E-state index contributed by atoms with van der Waals surface area (Å²) in [7, 11) is -2.45. The van der Waals surface area contributed by atoms with Gasteiger partial charge in [0.1, 0.15) is 40.5 Å². The van der Waals surface area contributed by atoms with E-state index >= 15 is 0 Å². The Bertz CT molecular complexity index is 6870. The fourth-order valence-corrected chi connectivity index (χ4v) is 15.2. The lowest BCUT2D eigenvalue weighted by Crippen LogP contribution is -2.45. The number of phenolic OH excluding ortho intramolecular Hbond substituents is 6. The van der Waals surface area contributed by atoms with Crippen LogP contribution in [-0.2, 0) is 31.5 Å². The number of aryl methyl sites for hydroxylation is 3. The monoisotopic (exact) mass is 2030 g/mol. The number of halogens is 11. The van der Waals surface area contributed by atoms with Gasteiger partial charge in [0.15, 0.2) is 0 Å². The third-order valence-corrected chi connectivity index (χ3v) is 22.7.